The van der Waals surface area contributed by atoms with Crippen LogP contribution in [0.1, 0.15) is 37.0 Å². The molecule has 7 nitrogen and oxygen atoms in total. The van der Waals surface area contributed by atoms with Gasteiger partial charge in [-0.25, -0.2) is 4.98 Å². The number of thiazole rings is 1. The first kappa shape index (κ1) is 27.1. The third kappa shape index (κ3) is 5.69. The maximum absolute atomic E-state index is 13.6. The molecular weight excluding hydrogens is 504 g/mol. The highest BCUT2D eigenvalue weighted by molar-refractivity contribution is 7.98. The van der Waals surface area contributed by atoms with Crippen LogP contribution in [-0.2, 0) is 9.59 Å². The Morgan fingerprint density at radius 3 is 2.29 bits per heavy atom. The fourth-order valence-corrected chi connectivity index (χ4v) is 5.68. The number of hydrogen-bond acceptors (Lipinski definition) is 7. The molecule has 0 unspecified atom stereocenters. The van der Waals surface area contributed by atoms with Crippen LogP contribution in [0.3, 0.4) is 0 Å². The molecule has 3 amide bonds. The molecule has 35 heavy (non-hydrogen) atoms. The van der Waals surface area contributed by atoms with Gasteiger partial charge >= 0.3 is 0 Å². The molecule has 0 saturated carbocycles. The maximum atomic E-state index is 13.6. The molecule has 2 aromatic carbocycles. The number of imide groups is 1. The number of hydrogen-bond donors (Lipinski definition) is 0. The van der Waals surface area contributed by atoms with Gasteiger partial charge in [0.25, 0.3) is 5.91 Å². The van der Waals surface area contributed by atoms with E-state index in [1.165, 1.54) is 16.2 Å². The number of carbonyl (C=O) groups is 3. The zero-order valence-corrected chi connectivity index (χ0v) is 22.5. The van der Waals surface area contributed by atoms with Gasteiger partial charge in [0, 0.05) is 36.4 Å². The van der Waals surface area contributed by atoms with Crippen LogP contribution in [0.25, 0.3) is 10.2 Å². The Kier molecular flexibility index (Phi) is 9.29. The second-order valence-electron chi connectivity index (χ2n) is 7.96. The Morgan fingerprint density at radius 2 is 1.69 bits per heavy atom. The van der Waals surface area contributed by atoms with Gasteiger partial charge < -0.3 is 4.90 Å². The van der Waals surface area contributed by atoms with Crippen molar-refractivity contribution in [1.82, 2.24) is 9.88 Å². The fourth-order valence-electron chi connectivity index (χ4n) is 4.03. The standard InChI is InChI=1S/C25H28N4O3S2.ClH/c1-4-27(5-2)15-16-28(25-26-23-19(33-3)7-6-8-20(23)34-25)24(32)17-9-11-18(12-10-17)29-21(30)13-14-22(29)31;/h6-12H,4-5,13-16H2,1-3H3;1H. The lowest BCUT2D eigenvalue weighted by molar-refractivity contribution is -0.121. The lowest BCUT2D eigenvalue weighted by atomic mass is 10.1. The summed E-state index contributed by atoms with van der Waals surface area (Å²) in [4.78, 5) is 48.9. The Bertz CT molecular complexity index is 1200. The highest BCUT2D eigenvalue weighted by atomic mass is 35.5. The number of likely N-dealkylation sites (N-methyl/N-ethyl adjacent to an activating group) is 1. The van der Waals surface area contributed by atoms with E-state index >= 15 is 0 Å². The first-order valence-corrected chi connectivity index (χ1v) is 13.4. The molecule has 1 saturated heterocycles. The van der Waals surface area contributed by atoms with Crippen LogP contribution in [0, 0.1) is 0 Å². The number of benzene rings is 2. The van der Waals surface area contributed by atoms with Crippen molar-refractivity contribution in [3.8, 4) is 0 Å². The van der Waals surface area contributed by atoms with Crippen LogP contribution in [0.4, 0.5) is 10.8 Å². The van der Waals surface area contributed by atoms with Crippen molar-refractivity contribution in [1.29, 1.82) is 0 Å². The molecule has 0 aliphatic carbocycles. The third-order valence-electron chi connectivity index (χ3n) is 6.02. The summed E-state index contributed by atoms with van der Waals surface area (Å²) in [5, 5.41) is 0.669. The van der Waals surface area contributed by atoms with E-state index in [9.17, 15) is 14.4 Å². The summed E-state index contributed by atoms with van der Waals surface area (Å²) in [6.45, 7) is 7.28. The summed E-state index contributed by atoms with van der Waals surface area (Å²) in [6, 6.07) is 12.8. The van der Waals surface area contributed by atoms with Gasteiger partial charge in [-0.3, -0.25) is 24.2 Å². The second kappa shape index (κ2) is 12.0. The SMILES string of the molecule is CCN(CC)CCN(C(=O)c1ccc(N2C(=O)CCC2=O)cc1)c1nc2c(SC)cccc2s1.Cl. The fraction of sp³-hybridized carbons (Fsp3) is 0.360. The molecule has 2 heterocycles. The number of halogens is 1. The van der Waals surface area contributed by atoms with Crippen molar-refractivity contribution in [2.75, 3.05) is 42.2 Å². The van der Waals surface area contributed by atoms with Crippen LogP contribution in [-0.4, -0.2) is 60.0 Å². The van der Waals surface area contributed by atoms with Crippen LogP contribution in [0.5, 0.6) is 0 Å². The first-order valence-electron chi connectivity index (χ1n) is 11.4. The molecule has 10 heteroatoms. The Balaban J connectivity index is 0.00000342. The normalized spacial score (nSPS) is 13.5. The van der Waals surface area contributed by atoms with Gasteiger partial charge in [-0.05, 0) is 55.7 Å². The summed E-state index contributed by atoms with van der Waals surface area (Å²) in [5.74, 6) is -0.560. The van der Waals surface area contributed by atoms with E-state index < -0.39 is 0 Å². The second-order valence-corrected chi connectivity index (χ2v) is 9.81. The number of nitrogens with zero attached hydrogens (tertiary/aromatic N) is 4. The average molecular weight is 533 g/mol. The van der Waals surface area contributed by atoms with Gasteiger partial charge in [-0.1, -0.05) is 31.3 Å². The van der Waals surface area contributed by atoms with E-state index in [0.717, 1.165) is 34.7 Å². The van der Waals surface area contributed by atoms with Crippen LogP contribution < -0.4 is 9.80 Å². The summed E-state index contributed by atoms with van der Waals surface area (Å²) < 4.78 is 1.05. The largest absolute Gasteiger partial charge is 0.302 e. The predicted octanol–water partition coefficient (Wildman–Crippen LogP) is 5.08. The Hall–Kier alpha value is -2.46. The van der Waals surface area contributed by atoms with Gasteiger partial charge in [-0.15, -0.1) is 24.2 Å². The number of carbonyl (C=O) groups excluding carboxylic acids is 3. The quantitative estimate of drug-likeness (QED) is 0.282. The average Bonchev–Trinajstić information content (AvgIpc) is 3.44. The number of rotatable bonds is 9. The number of para-hydroxylation sites is 1. The van der Waals surface area contributed by atoms with Crippen molar-refractivity contribution in [3.63, 3.8) is 0 Å². The molecule has 1 aliphatic heterocycles. The summed E-state index contributed by atoms with van der Waals surface area (Å²) in [6.07, 6.45) is 2.48. The lowest BCUT2D eigenvalue weighted by Crippen LogP contribution is -2.39. The van der Waals surface area contributed by atoms with Gasteiger partial charge in [-0.2, -0.15) is 0 Å². The first-order chi connectivity index (χ1) is 16.5. The molecule has 0 atom stereocenters. The molecule has 186 valence electrons. The number of thioether (sulfide) groups is 1. The van der Waals surface area contributed by atoms with E-state index in [0.29, 0.717) is 22.9 Å². The van der Waals surface area contributed by atoms with Crippen molar-refractivity contribution in [2.24, 2.45) is 0 Å². The molecule has 1 aliphatic rings. The van der Waals surface area contributed by atoms with Crippen LogP contribution >= 0.6 is 35.5 Å². The number of anilines is 2. The Labute approximate surface area is 219 Å². The van der Waals surface area contributed by atoms with E-state index in [2.05, 4.69) is 18.7 Å². The molecule has 0 spiro atoms. The molecular formula is C25H29ClN4O3S2. The molecule has 1 fully saturated rings. The smallest absolute Gasteiger partial charge is 0.260 e. The van der Waals surface area contributed by atoms with Crippen molar-refractivity contribution in [3.05, 3.63) is 48.0 Å². The number of aromatic nitrogens is 1. The molecule has 0 N–H and O–H groups in total. The van der Waals surface area contributed by atoms with Crippen LogP contribution in [0.2, 0.25) is 0 Å². The molecule has 3 aromatic rings. The predicted molar refractivity (Wildman–Crippen MR) is 146 cm³/mol. The van der Waals surface area contributed by atoms with Crippen molar-refractivity contribution < 1.29 is 14.4 Å². The zero-order chi connectivity index (χ0) is 24.2. The summed E-state index contributed by atoms with van der Waals surface area (Å²) in [7, 11) is 0. The molecule has 4 rings (SSSR count). The molecule has 0 radical (unpaired) electrons. The molecule has 1 aromatic heterocycles. The van der Waals surface area contributed by atoms with Crippen LogP contribution in [0.15, 0.2) is 47.4 Å². The van der Waals surface area contributed by atoms with Gasteiger partial charge in [0.1, 0.15) is 0 Å². The minimum atomic E-state index is -0.205. The summed E-state index contributed by atoms with van der Waals surface area (Å²) in [5.41, 5.74) is 1.91. The maximum Gasteiger partial charge on any atom is 0.260 e. The topological polar surface area (TPSA) is 73.8 Å². The van der Waals surface area contributed by atoms with Gasteiger partial charge in [0.05, 0.1) is 15.9 Å². The highest BCUT2D eigenvalue weighted by Gasteiger charge is 2.30. The summed E-state index contributed by atoms with van der Waals surface area (Å²) >= 11 is 3.15. The van der Waals surface area contributed by atoms with E-state index in [4.69, 9.17) is 4.98 Å². The van der Waals surface area contributed by atoms with Gasteiger partial charge in [0.15, 0.2) is 5.13 Å². The van der Waals surface area contributed by atoms with Gasteiger partial charge in [0.2, 0.25) is 11.8 Å². The van der Waals surface area contributed by atoms with E-state index in [-0.39, 0.29) is 43.0 Å². The van der Waals surface area contributed by atoms with E-state index in [1.807, 2.05) is 24.5 Å². The van der Waals surface area contributed by atoms with Crippen molar-refractivity contribution >= 4 is 74.3 Å². The number of amides is 3. The minimum Gasteiger partial charge on any atom is -0.302 e. The Morgan fingerprint density at radius 1 is 1.03 bits per heavy atom. The monoisotopic (exact) mass is 532 g/mol. The lowest BCUT2D eigenvalue weighted by Gasteiger charge is -2.25. The highest BCUT2D eigenvalue weighted by Crippen LogP contribution is 2.35. The third-order valence-corrected chi connectivity index (χ3v) is 7.84. The zero-order valence-electron chi connectivity index (χ0n) is 20.0. The molecule has 0 bridgehead atoms. The van der Waals surface area contributed by atoms with E-state index in [1.54, 1.807) is 40.9 Å². The van der Waals surface area contributed by atoms with Crippen molar-refractivity contribution in [2.45, 2.75) is 31.6 Å². The minimum absolute atomic E-state index is 0. The number of fused-ring (bicyclic) bond motifs is 1.